The number of anilines is 1. The predicted octanol–water partition coefficient (Wildman–Crippen LogP) is 6.47. The van der Waals surface area contributed by atoms with Crippen LogP contribution in [0.15, 0.2) is 54.6 Å². The average Bonchev–Trinajstić information content (AvgIpc) is 3.23. The molecule has 7 nitrogen and oxygen atoms in total. The number of carbonyl (C=O) groups excluding carboxylic acids is 1. The minimum atomic E-state index is -1.26. The summed E-state index contributed by atoms with van der Waals surface area (Å²) in [5.41, 5.74) is 2.00. The molecule has 0 aliphatic heterocycles. The van der Waals surface area contributed by atoms with Crippen LogP contribution in [-0.4, -0.2) is 40.6 Å². The molecule has 9 heteroatoms. The Morgan fingerprint density at radius 2 is 1.75 bits per heavy atom. The van der Waals surface area contributed by atoms with Crippen molar-refractivity contribution < 1.29 is 29.3 Å². The molecular weight excluding hydrogens is 502 g/mol. The lowest BCUT2D eigenvalue weighted by Gasteiger charge is -2.31. The van der Waals surface area contributed by atoms with E-state index in [1.165, 1.54) is 6.42 Å². The Hall–Kier alpha value is -3.36. The maximum absolute atomic E-state index is 13.5. The fraction of sp³-hybridized carbons (Fsp3) is 0.296. The standard InChI is InChI=1S/C27H26ClNO6S/c28-21-24(35-15-20(30)31)26(27(33)34)36-25(21)18-12-7-13-19(14-18)29-22(16-8-3-1-4-9-16)23(32)17-10-5-2-6-11-17/h2,5-7,10-14,16,22,29H,1,3-4,8-9,15H2,(H,30,31)(H,33,34). The summed E-state index contributed by atoms with van der Waals surface area (Å²) < 4.78 is 5.19. The zero-order chi connectivity index (χ0) is 25.7. The van der Waals surface area contributed by atoms with E-state index in [0.29, 0.717) is 21.7 Å². The Kier molecular flexibility index (Phi) is 8.28. The third-order valence-corrected chi connectivity index (χ3v) is 7.93. The molecule has 2 aromatic carbocycles. The highest BCUT2D eigenvalue weighted by Crippen LogP contribution is 2.46. The maximum atomic E-state index is 13.5. The Morgan fingerprint density at radius 3 is 2.42 bits per heavy atom. The second-order valence-corrected chi connectivity index (χ2v) is 10.1. The molecule has 188 valence electrons. The number of halogens is 1. The number of aliphatic carboxylic acids is 1. The quantitative estimate of drug-likeness (QED) is 0.259. The van der Waals surface area contributed by atoms with Crippen LogP contribution in [0.2, 0.25) is 5.02 Å². The van der Waals surface area contributed by atoms with E-state index in [1.54, 1.807) is 12.1 Å². The number of rotatable bonds is 10. The summed E-state index contributed by atoms with van der Waals surface area (Å²) in [6.07, 6.45) is 5.30. The van der Waals surface area contributed by atoms with E-state index >= 15 is 0 Å². The molecule has 0 spiro atoms. The number of nitrogens with one attached hydrogen (secondary N) is 1. The van der Waals surface area contributed by atoms with Crippen LogP contribution >= 0.6 is 22.9 Å². The molecule has 1 aliphatic rings. The number of aromatic carboxylic acids is 1. The van der Waals surface area contributed by atoms with Crippen LogP contribution in [0.25, 0.3) is 10.4 Å². The van der Waals surface area contributed by atoms with Crippen molar-refractivity contribution in [1.82, 2.24) is 0 Å². The molecule has 36 heavy (non-hydrogen) atoms. The largest absolute Gasteiger partial charge is 0.479 e. The number of ketones is 1. The van der Waals surface area contributed by atoms with Gasteiger partial charge in [-0.05, 0) is 36.5 Å². The fourth-order valence-corrected chi connectivity index (χ4v) is 5.96. The average molecular weight is 528 g/mol. The number of Topliss-reactive ketones (excluding diaryl/α,β-unsaturated/α-hetero) is 1. The summed E-state index contributed by atoms with van der Waals surface area (Å²) in [6.45, 7) is -0.706. The van der Waals surface area contributed by atoms with Gasteiger partial charge in [0.1, 0.15) is 5.02 Å². The molecule has 1 heterocycles. The lowest BCUT2D eigenvalue weighted by atomic mass is 9.81. The van der Waals surface area contributed by atoms with E-state index in [2.05, 4.69) is 5.32 Å². The summed E-state index contributed by atoms with van der Waals surface area (Å²) in [7, 11) is 0. The van der Waals surface area contributed by atoms with E-state index in [0.717, 1.165) is 37.0 Å². The molecule has 1 aromatic heterocycles. The van der Waals surface area contributed by atoms with Gasteiger partial charge in [0, 0.05) is 11.3 Å². The fourth-order valence-electron chi connectivity index (χ4n) is 4.56. The van der Waals surface area contributed by atoms with Gasteiger partial charge < -0.3 is 20.3 Å². The van der Waals surface area contributed by atoms with Crippen molar-refractivity contribution in [2.75, 3.05) is 11.9 Å². The van der Waals surface area contributed by atoms with Gasteiger partial charge in [-0.1, -0.05) is 73.3 Å². The van der Waals surface area contributed by atoms with Gasteiger partial charge in [-0.3, -0.25) is 4.79 Å². The zero-order valence-electron chi connectivity index (χ0n) is 19.4. The second-order valence-electron chi connectivity index (χ2n) is 8.72. The Bertz CT molecular complexity index is 1250. The summed E-state index contributed by atoms with van der Waals surface area (Å²) in [4.78, 5) is 36.4. The third kappa shape index (κ3) is 5.88. The first-order chi connectivity index (χ1) is 17.3. The number of carboxylic acids is 2. The molecule has 1 unspecified atom stereocenters. The van der Waals surface area contributed by atoms with Gasteiger partial charge in [-0.25, -0.2) is 9.59 Å². The zero-order valence-corrected chi connectivity index (χ0v) is 21.0. The van der Waals surface area contributed by atoms with Gasteiger partial charge in [0.15, 0.2) is 23.0 Å². The molecule has 3 N–H and O–H groups in total. The summed E-state index contributed by atoms with van der Waals surface area (Å²) in [6, 6.07) is 16.1. The van der Waals surface area contributed by atoms with Gasteiger partial charge in [-0.2, -0.15) is 0 Å². The molecular formula is C27H26ClNO6S. The first-order valence-corrected chi connectivity index (χ1v) is 12.9. The predicted molar refractivity (Wildman–Crippen MR) is 140 cm³/mol. The summed E-state index contributed by atoms with van der Waals surface area (Å²) in [5, 5.41) is 22.0. The van der Waals surface area contributed by atoms with Crippen molar-refractivity contribution >= 4 is 46.3 Å². The highest BCUT2D eigenvalue weighted by atomic mass is 35.5. The molecule has 0 amide bonds. The van der Waals surface area contributed by atoms with Crippen LogP contribution in [0.1, 0.15) is 52.1 Å². The monoisotopic (exact) mass is 527 g/mol. The number of hydrogen-bond donors (Lipinski definition) is 3. The third-order valence-electron chi connectivity index (χ3n) is 6.25. The number of carboxylic acid groups (broad SMARTS) is 2. The van der Waals surface area contributed by atoms with Crippen molar-refractivity contribution in [2.24, 2.45) is 5.92 Å². The van der Waals surface area contributed by atoms with Crippen LogP contribution in [-0.2, 0) is 4.79 Å². The lowest BCUT2D eigenvalue weighted by Crippen LogP contribution is -2.38. The Labute approximate surface area is 217 Å². The van der Waals surface area contributed by atoms with Gasteiger partial charge in [0.05, 0.1) is 10.9 Å². The van der Waals surface area contributed by atoms with Crippen LogP contribution < -0.4 is 10.1 Å². The van der Waals surface area contributed by atoms with Crippen LogP contribution in [0.3, 0.4) is 0 Å². The van der Waals surface area contributed by atoms with E-state index in [1.807, 2.05) is 42.5 Å². The molecule has 4 rings (SSSR count). The number of hydrogen-bond acceptors (Lipinski definition) is 6. The van der Waals surface area contributed by atoms with E-state index < -0.39 is 24.6 Å². The van der Waals surface area contributed by atoms with E-state index in [-0.39, 0.29) is 27.4 Å². The van der Waals surface area contributed by atoms with Gasteiger partial charge in [0.25, 0.3) is 0 Å². The van der Waals surface area contributed by atoms with Crippen molar-refractivity contribution in [3.05, 3.63) is 70.1 Å². The molecule has 0 saturated heterocycles. The smallest absolute Gasteiger partial charge is 0.349 e. The minimum absolute atomic E-state index is 0.0413. The van der Waals surface area contributed by atoms with Crippen molar-refractivity contribution in [3.63, 3.8) is 0 Å². The van der Waals surface area contributed by atoms with Gasteiger partial charge in [0.2, 0.25) is 0 Å². The number of ether oxygens (including phenoxy) is 1. The Morgan fingerprint density at radius 1 is 1.03 bits per heavy atom. The molecule has 0 radical (unpaired) electrons. The molecule has 1 fully saturated rings. The number of thiophene rings is 1. The second kappa shape index (κ2) is 11.6. The lowest BCUT2D eigenvalue weighted by molar-refractivity contribution is -0.139. The minimum Gasteiger partial charge on any atom is -0.479 e. The van der Waals surface area contributed by atoms with Gasteiger partial charge in [-0.15, -0.1) is 11.3 Å². The van der Waals surface area contributed by atoms with Crippen molar-refractivity contribution in [1.29, 1.82) is 0 Å². The van der Waals surface area contributed by atoms with Crippen molar-refractivity contribution in [2.45, 2.75) is 38.1 Å². The molecule has 1 saturated carbocycles. The SMILES string of the molecule is O=C(O)COc1c(C(=O)O)sc(-c2cccc(NC(C(=O)c3ccccc3)C3CCCCC3)c2)c1Cl. The highest BCUT2D eigenvalue weighted by Gasteiger charge is 2.30. The summed E-state index contributed by atoms with van der Waals surface area (Å²) >= 11 is 7.37. The molecule has 1 atom stereocenters. The first kappa shape index (κ1) is 25.7. The van der Waals surface area contributed by atoms with Crippen LogP contribution in [0.4, 0.5) is 5.69 Å². The van der Waals surface area contributed by atoms with E-state index in [4.69, 9.17) is 21.4 Å². The van der Waals surface area contributed by atoms with Crippen LogP contribution in [0.5, 0.6) is 5.75 Å². The Balaban J connectivity index is 1.65. The first-order valence-electron chi connectivity index (χ1n) is 11.7. The van der Waals surface area contributed by atoms with Gasteiger partial charge >= 0.3 is 11.9 Å². The molecule has 0 bridgehead atoms. The summed E-state index contributed by atoms with van der Waals surface area (Å²) in [5.74, 6) is -2.41. The number of benzene rings is 2. The van der Waals surface area contributed by atoms with E-state index in [9.17, 15) is 19.5 Å². The van der Waals surface area contributed by atoms with Crippen molar-refractivity contribution in [3.8, 4) is 16.2 Å². The number of carbonyl (C=O) groups is 3. The topological polar surface area (TPSA) is 113 Å². The molecule has 1 aliphatic carbocycles. The highest BCUT2D eigenvalue weighted by molar-refractivity contribution is 7.18. The normalized spacial score (nSPS) is 14.7. The maximum Gasteiger partial charge on any atom is 0.349 e. The molecule has 3 aromatic rings. The van der Waals surface area contributed by atoms with Crippen LogP contribution in [0, 0.1) is 5.92 Å².